The zero-order chi connectivity index (χ0) is 35.0. The molecule has 0 aromatic rings. The highest BCUT2D eigenvalue weighted by Crippen LogP contribution is 2.58. The lowest BCUT2D eigenvalue weighted by atomic mass is 9.53. The molecule has 1 rings (SSSR count). The molecule has 0 fully saturated rings. The number of unbranched alkanes of at least 4 members (excludes halogenated alkanes) is 16. The van der Waals surface area contributed by atoms with Crippen molar-refractivity contribution >= 4 is 11.9 Å². The molecule has 7 heteroatoms. The van der Waals surface area contributed by atoms with Crippen LogP contribution in [0, 0.1) is 10.8 Å². The first-order valence-electron chi connectivity index (χ1n) is 19.9. The summed E-state index contributed by atoms with van der Waals surface area (Å²) in [5.74, 6) is -2.55. The normalized spacial score (nSPS) is 16.1. The Morgan fingerprint density at radius 3 is 1.40 bits per heavy atom. The lowest BCUT2D eigenvalue weighted by molar-refractivity contribution is -0.170. The van der Waals surface area contributed by atoms with Crippen molar-refractivity contribution in [2.45, 2.75) is 214 Å². The Hall–Kier alpha value is -1.60. The zero-order valence-corrected chi connectivity index (χ0v) is 31.2. The van der Waals surface area contributed by atoms with Crippen molar-refractivity contribution in [3.05, 3.63) is 11.5 Å². The molecule has 3 N–H and O–H groups in total. The van der Waals surface area contributed by atoms with Crippen molar-refractivity contribution in [3.8, 4) is 0 Å². The molecular weight excluding hydrogens is 592 g/mol. The third-order valence-corrected chi connectivity index (χ3v) is 10.8. The molecule has 0 saturated heterocycles. The van der Waals surface area contributed by atoms with Gasteiger partial charge in [-0.3, -0.25) is 4.79 Å². The largest absolute Gasteiger partial charge is 0.499 e. The van der Waals surface area contributed by atoms with Gasteiger partial charge in [0, 0.05) is 0 Å². The third kappa shape index (κ3) is 14.0. The monoisotopic (exact) mass is 667 g/mol. The highest BCUT2D eigenvalue weighted by Gasteiger charge is 2.56. The highest BCUT2D eigenvalue weighted by molar-refractivity contribution is 5.90. The maximum atomic E-state index is 15.1. The first kappa shape index (κ1) is 43.4. The Morgan fingerprint density at radius 1 is 0.660 bits per heavy atom. The fourth-order valence-electron chi connectivity index (χ4n) is 7.84. The predicted molar refractivity (Wildman–Crippen MR) is 192 cm³/mol. The van der Waals surface area contributed by atoms with E-state index < -0.39 is 36.0 Å². The Bertz CT molecular complexity index is 843. The van der Waals surface area contributed by atoms with Gasteiger partial charge >= 0.3 is 11.9 Å². The summed E-state index contributed by atoms with van der Waals surface area (Å²) in [6.07, 6.45) is 24.6. The number of ether oxygens (including phenoxy) is 2. The van der Waals surface area contributed by atoms with E-state index in [9.17, 15) is 20.1 Å². The van der Waals surface area contributed by atoms with Gasteiger partial charge in [-0.25, -0.2) is 4.79 Å². The Kier molecular flexibility index (Phi) is 23.5. The van der Waals surface area contributed by atoms with Crippen LogP contribution in [-0.4, -0.2) is 46.1 Å². The number of esters is 2. The van der Waals surface area contributed by atoms with Gasteiger partial charge in [-0.2, -0.15) is 0 Å². The molecule has 0 radical (unpaired) electrons. The molecule has 0 aliphatic carbocycles. The lowest BCUT2D eigenvalue weighted by Gasteiger charge is -2.51. The molecule has 0 spiro atoms. The molecule has 0 aromatic heterocycles. The molecule has 0 saturated carbocycles. The van der Waals surface area contributed by atoms with Crippen molar-refractivity contribution in [1.29, 1.82) is 0 Å². The standard InChI is InChI=1S/C40H74O7/c1-6-11-16-21-24-29-39(27-22-17-12-7-2,28-23-18-13-8-3)40(30-25-19-14-9-4,31-26-20-15-10-5)38(45)47-36-34(43)37(44)46-35(36)33(42)32-41/h33,35,41-43H,6-32H2,1-5H3/t33-,35+/m0/s1. The quantitative estimate of drug-likeness (QED) is 0.0498. The molecule has 0 amide bonds. The maximum Gasteiger partial charge on any atom is 0.378 e. The summed E-state index contributed by atoms with van der Waals surface area (Å²) in [7, 11) is 0. The SMILES string of the molecule is CCCCCCCC(CCCCCC)(CCCCCC)C(CCCCCC)(CCCCCC)C(=O)OC1=C(O)C(=O)O[C@@H]1[C@@H](O)CO. The smallest absolute Gasteiger partial charge is 0.378 e. The van der Waals surface area contributed by atoms with Crippen LogP contribution >= 0.6 is 0 Å². The molecule has 7 nitrogen and oxygen atoms in total. The molecule has 1 aliphatic rings. The molecule has 2 atom stereocenters. The van der Waals surface area contributed by atoms with E-state index in [0.29, 0.717) is 12.8 Å². The number of aliphatic hydroxyl groups is 3. The Morgan fingerprint density at radius 2 is 1.02 bits per heavy atom. The van der Waals surface area contributed by atoms with E-state index in [0.717, 1.165) is 122 Å². The zero-order valence-electron chi connectivity index (χ0n) is 31.2. The lowest BCUT2D eigenvalue weighted by Crippen LogP contribution is -2.50. The summed E-state index contributed by atoms with van der Waals surface area (Å²) < 4.78 is 11.4. The van der Waals surface area contributed by atoms with E-state index in [1.54, 1.807) is 0 Å². The topological polar surface area (TPSA) is 113 Å². The number of aliphatic hydroxyl groups excluding tert-OH is 3. The van der Waals surface area contributed by atoms with Gasteiger partial charge in [0.05, 0.1) is 12.0 Å². The van der Waals surface area contributed by atoms with Crippen molar-refractivity contribution in [2.24, 2.45) is 10.8 Å². The molecule has 0 bridgehead atoms. The van der Waals surface area contributed by atoms with E-state index in [-0.39, 0.29) is 17.1 Å². The van der Waals surface area contributed by atoms with E-state index in [1.165, 1.54) is 32.1 Å². The van der Waals surface area contributed by atoms with Gasteiger partial charge in [-0.15, -0.1) is 0 Å². The second kappa shape index (κ2) is 25.4. The molecular formula is C40H74O7. The van der Waals surface area contributed by atoms with E-state index in [4.69, 9.17) is 9.47 Å². The first-order chi connectivity index (χ1) is 22.7. The Balaban J connectivity index is 3.84. The predicted octanol–water partition coefficient (Wildman–Crippen LogP) is 10.8. The van der Waals surface area contributed by atoms with Gasteiger partial charge in [-0.05, 0) is 37.5 Å². The van der Waals surface area contributed by atoms with Crippen LogP contribution in [0.25, 0.3) is 0 Å². The Labute approximate surface area is 288 Å². The van der Waals surface area contributed by atoms with Gasteiger partial charge in [-0.1, -0.05) is 169 Å². The average Bonchev–Trinajstić information content (AvgIpc) is 3.35. The number of carbonyl (C=O) groups excluding carboxylic acids is 2. The number of carbonyl (C=O) groups is 2. The summed E-state index contributed by atoms with van der Waals surface area (Å²) in [5.41, 5.74) is -1.08. The van der Waals surface area contributed by atoms with Gasteiger partial charge in [0.15, 0.2) is 6.10 Å². The number of hydrogen-bond donors (Lipinski definition) is 3. The minimum absolute atomic E-state index is 0.277. The second-order valence-corrected chi connectivity index (χ2v) is 14.4. The van der Waals surface area contributed by atoms with Crippen LogP contribution < -0.4 is 0 Å². The van der Waals surface area contributed by atoms with Crippen LogP contribution in [0.15, 0.2) is 11.5 Å². The molecule has 47 heavy (non-hydrogen) atoms. The van der Waals surface area contributed by atoms with Gasteiger partial charge in [0.1, 0.15) is 6.10 Å². The van der Waals surface area contributed by atoms with Crippen molar-refractivity contribution < 1.29 is 34.4 Å². The minimum atomic E-state index is -1.50. The molecule has 1 aliphatic heterocycles. The average molecular weight is 667 g/mol. The third-order valence-electron chi connectivity index (χ3n) is 10.8. The van der Waals surface area contributed by atoms with Crippen LogP contribution in [0.2, 0.25) is 0 Å². The molecule has 1 heterocycles. The summed E-state index contributed by atoms with van der Waals surface area (Å²) in [6, 6.07) is 0. The molecule has 0 aromatic carbocycles. The van der Waals surface area contributed by atoms with Crippen LogP contribution in [0.4, 0.5) is 0 Å². The van der Waals surface area contributed by atoms with Gasteiger partial charge in [0.25, 0.3) is 0 Å². The fraction of sp³-hybridized carbons (Fsp3) is 0.900. The fourth-order valence-corrected chi connectivity index (χ4v) is 7.84. The number of cyclic esters (lactones) is 1. The van der Waals surface area contributed by atoms with Gasteiger partial charge in [0.2, 0.25) is 11.5 Å². The van der Waals surface area contributed by atoms with E-state index >= 15 is 4.79 Å². The van der Waals surface area contributed by atoms with Crippen LogP contribution in [-0.2, 0) is 19.1 Å². The minimum Gasteiger partial charge on any atom is -0.499 e. The maximum absolute atomic E-state index is 15.1. The highest BCUT2D eigenvalue weighted by atomic mass is 16.6. The summed E-state index contributed by atoms with van der Waals surface area (Å²) in [5, 5.41) is 30.9. The summed E-state index contributed by atoms with van der Waals surface area (Å²) >= 11 is 0. The van der Waals surface area contributed by atoms with Crippen molar-refractivity contribution in [1.82, 2.24) is 0 Å². The van der Waals surface area contributed by atoms with Crippen LogP contribution in [0.3, 0.4) is 0 Å². The van der Waals surface area contributed by atoms with Crippen LogP contribution in [0.5, 0.6) is 0 Å². The second-order valence-electron chi connectivity index (χ2n) is 14.4. The summed E-state index contributed by atoms with van der Waals surface area (Å²) in [6.45, 7) is 10.4. The molecule has 0 unspecified atom stereocenters. The number of hydrogen-bond acceptors (Lipinski definition) is 7. The van der Waals surface area contributed by atoms with Crippen molar-refractivity contribution in [2.75, 3.05) is 6.61 Å². The van der Waals surface area contributed by atoms with E-state index in [1.807, 2.05) is 0 Å². The van der Waals surface area contributed by atoms with Gasteiger partial charge < -0.3 is 24.8 Å². The number of rotatable bonds is 31. The van der Waals surface area contributed by atoms with E-state index in [2.05, 4.69) is 34.6 Å². The summed E-state index contributed by atoms with van der Waals surface area (Å²) in [4.78, 5) is 27.6. The first-order valence-corrected chi connectivity index (χ1v) is 19.9. The van der Waals surface area contributed by atoms with Crippen LogP contribution in [0.1, 0.15) is 202 Å². The van der Waals surface area contributed by atoms with Crippen molar-refractivity contribution in [3.63, 3.8) is 0 Å². The molecule has 276 valence electrons.